The van der Waals surface area contributed by atoms with Crippen molar-refractivity contribution in [1.82, 2.24) is 10.6 Å². The molecule has 0 radical (unpaired) electrons. The monoisotopic (exact) mass is 376 g/mol. The number of rotatable bonds is 11. The summed E-state index contributed by atoms with van der Waals surface area (Å²) in [4.78, 5) is 0. The molecule has 2 aromatic carbocycles. The predicted octanol–water partition coefficient (Wildman–Crippen LogP) is 4.33. The Labute approximate surface area is 161 Å². The van der Waals surface area contributed by atoms with E-state index in [-0.39, 0.29) is 0 Å². The number of hydrogen-bond donors (Lipinski definition) is 2. The van der Waals surface area contributed by atoms with E-state index in [1.165, 1.54) is 5.56 Å². The molecular weight excluding hydrogens is 348 g/mol. The lowest BCUT2D eigenvalue weighted by Gasteiger charge is -2.15. The van der Waals surface area contributed by atoms with Crippen LogP contribution in [0, 0.1) is 6.92 Å². The lowest BCUT2D eigenvalue weighted by Crippen LogP contribution is -2.21. The number of nitrogens with one attached hydrogen (secondary N) is 2. The first-order valence-corrected chi connectivity index (χ1v) is 9.48. The molecule has 0 saturated carbocycles. The number of methoxy groups -OCH3 is 1. The summed E-state index contributed by atoms with van der Waals surface area (Å²) < 4.78 is 11.4. The van der Waals surface area contributed by atoms with Gasteiger partial charge in [-0.15, -0.1) is 0 Å². The highest BCUT2D eigenvalue weighted by molar-refractivity contribution is 6.32. The van der Waals surface area contributed by atoms with Crippen molar-refractivity contribution in [1.29, 1.82) is 0 Å². The van der Waals surface area contributed by atoms with E-state index in [9.17, 15) is 0 Å². The Balaban J connectivity index is 1.94. The van der Waals surface area contributed by atoms with Crippen molar-refractivity contribution in [3.05, 3.63) is 58.1 Å². The third-order valence-corrected chi connectivity index (χ3v) is 4.36. The third-order valence-electron chi connectivity index (χ3n) is 4.08. The van der Waals surface area contributed by atoms with Crippen LogP contribution in [0.3, 0.4) is 0 Å². The Bertz CT molecular complexity index is 674. The number of aryl methyl sites for hydroxylation is 1. The first-order valence-electron chi connectivity index (χ1n) is 9.10. The van der Waals surface area contributed by atoms with Crippen LogP contribution in [0.1, 0.15) is 30.0 Å². The summed E-state index contributed by atoms with van der Waals surface area (Å²) in [7, 11) is 1.64. The predicted molar refractivity (Wildman–Crippen MR) is 108 cm³/mol. The van der Waals surface area contributed by atoms with E-state index in [1.807, 2.05) is 12.1 Å². The minimum absolute atomic E-state index is 0.457. The van der Waals surface area contributed by atoms with E-state index < -0.39 is 0 Å². The smallest absolute Gasteiger partial charge is 0.180 e. The second-order valence-electron chi connectivity index (χ2n) is 6.27. The van der Waals surface area contributed by atoms with Crippen LogP contribution in [0.2, 0.25) is 5.02 Å². The maximum Gasteiger partial charge on any atom is 0.180 e. The molecule has 0 spiro atoms. The normalized spacial score (nSPS) is 10.8. The minimum Gasteiger partial charge on any atom is -0.493 e. The molecule has 0 heterocycles. The minimum atomic E-state index is 0.457. The molecule has 0 aromatic heterocycles. The van der Waals surface area contributed by atoms with E-state index in [0.717, 1.165) is 43.7 Å². The lowest BCUT2D eigenvalue weighted by molar-refractivity contribution is 0.284. The van der Waals surface area contributed by atoms with Crippen LogP contribution in [-0.2, 0) is 13.2 Å². The van der Waals surface area contributed by atoms with Crippen LogP contribution in [0.25, 0.3) is 0 Å². The quantitative estimate of drug-likeness (QED) is 0.573. The van der Waals surface area contributed by atoms with E-state index in [0.29, 0.717) is 23.1 Å². The third kappa shape index (κ3) is 6.52. The molecule has 0 fully saturated rings. The van der Waals surface area contributed by atoms with E-state index in [2.05, 4.69) is 48.7 Å². The van der Waals surface area contributed by atoms with Gasteiger partial charge in [0.1, 0.15) is 6.61 Å². The number of ether oxygens (including phenoxy) is 2. The van der Waals surface area contributed by atoms with Crippen LogP contribution in [0.4, 0.5) is 0 Å². The van der Waals surface area contributed by atoms with Crippen LogP contribution >= 0.6 is 11.6 Å². The molecular formula is C21H29ClN2O2. The van der Waals surface area contributed by atoms with E-state index >= 15 is 0 Å². The van der Waals surface area contributed by atoms with Crippen LogP contribution in [0.5, 0.6) is 11.5 Å². The van der Waals surface area contributed by atoms with Crippen molar-refractivity contribution in [3.8, 4) is 11.5 Å². The molecule has 2 rings (SSSR count). The fourth-order valence-electron chi connectivity index (χ4n) is 2.60. The van der Waals surface area contributed by atoms with Gasteiger partial charge in [0.25, 0.3) is 0 Å². The van der Waals surface area contributed by atoms with E-state index in [1.54, 1.807) is 7.11 Å². The molecule has 26 heavy (non-hydrogen) atoms. The highest BCUT2D eigenvalue weighted by Gasteiger charge is 2.12. The van der Waals surface area contributed by atoms with Gasteiger partial charge in [0, 0.05) is 6.54 Å². The fraction of sp³-hybridized carbons (Fsp3) is 0.429. The first kappa shape index (κ1) is 20.6. The molecule has 2 N–H and O–H groups in total. The average molecular weight is 377 g/mol. The van der Waals surface area contributed by atoms with Crippen molar-refractivity contribution < 1.29 is 9.47 Å². The van der Waals surface area contributed by atoms with Crippen molar-refractivity contribution in [3.63, 3.8) is 0 Å². The van der Waals surface area contributed by atoms with Crippen LogP contribution in [-0.4, -0.2) is 26.7 Å². The molecule has 0 aliphatic heterocycles. The summed E-state index contributed by atoms with van der Waals surface area (Å²) in [5, 5.41) is 7.31. The highest BCUT2D eigenvalue weighted by atomic mass is 35.5. The van der Waals surface area contributed by atoms with Gasteiger partial charge in [0.2, 0.25) is 0 Å². The Kier molecular flexibility index (Phi) is 8.75. The summed E-state index contributed by atoms with van der Waals surface area (Å²) in [6, 6.07) is 12.2. The summed E-state index contributed by atoms with van der Waals surface area (Å²) in [6.07, 6.45) is 1.09. The van der Waals surface area contributed by atoms with Gasteiger partial charge >= 0.3 is 0 Å². The van der Waals surface area contributed by atoms with Gasteiger partial charge in [0.05, 0.1) is 12.1 Å². The van der Waals surface area contributed by atoms with Crippen molar-refractivity contribution in [2.24, 2.45) is 0 Å². The zero-order chi connectivity index (χ0) is 18.8. The number of hydrogen-bond acceptors (Lipinski definition) is 4. The van der Waals surface area contributed by atoms with Crippen LogP contribution < -0.4 is 20.1 Å². The van der Waals surface area contributed by atoms with Gasteiger partial charge in [-0.3, -0.25) is 0 Å². The summed E-state index contributed by atoms with van der Waals surface area (Å²) in [5.41, 5.74) is 3.41. The van der Waals surface area contributed by atoms with Crippen molar-refractivity contribution in [2.45, 2.75) is 33.4 Å². The van der Waals surface area contributed by atoms with Gasteiger partial charge in [0.15, 0.2) is 11.5 Å². The molecule has 0 bridgehead atoms. The molecule has 2 aromatic rings. The number of halogens is 1. The summed E-state index contributed by atoms with van der Waals surface area (Å²) >= 11 is 6.44. The van der Waals surface area contributed by atoms with Gasteiger partial charge in [-0.2, -0.15) is 0 Å². The maximum absolute atomic E-state index is 6.44. The molecule has 4 nitrogen and oxygen atoms in total. The Morgan fingerprint density at radius 3 is 2.42 bits per heavy atom. The Morgan fingerprint density at radius 1 is 1.00 bits per heavy atom. The average Bonchev–Trinajstić information content (AvgIpc) is 2.64. The Hall–Kier alpha value is -1.75. The lowest BCUT2D eigenvalue weighted by atomic mass is 10.1. The summed E-state index contributed by atoms with van der Waals surface area (Å²) in [5.74, 6) is 1.25. The van der Waals surface area contributed by atoms with Gasteiger partial charge in [-0.25, -0.2) is 0 Å². The largest absolute Gasteiger partial charge is 0.493 e. The molecule has 142 valence electrons. The van der Waals surface area contributed by atoms with Crippen LogP contribution in [0.15, 0.2) is 36.4 Å². The van der Waals surface area contributed by atoms with Crippen molar-refractivity contribution in [2.75, 3.05) is 26.7 Å². The fourth-order valence-corrected chi connectivity index (χ4v) is 2.89. The molecule has 0 unspecified atom stereocenters. The first-order chi connectivity index (χ1) is 12.6. The standard InChI is InChI=1S/C21H29ClN2O2/c1-4-23-10-5-11-24-14-18-12-19(22)21(20(13-18)25-3)26-15-17-8-6-16(2)7-9-17/h6-9,12-13,23-24H,4-5,10-11,14-15H2,1-3H3. The SMILES string of the molecule is CCNCCCNCc1cc(Cl)c(OCc2ccc(C)cc2)c(OC)c1. The Morgan fingerprint density at radius 2 is 1.73 bits per heavy atom. The molecule has 0 saturated heterocycles. The molecule has 0 atom stereocenters. The zero-order valence-corrected chi connectivity index (χ0v) is 16.7. The van der Waals surface area contributed by atoms with Gasteiger partial charge < -0.3 is 20.1 Å². The number of benzene rings is 2. The maximum atomic E-state index is 6.44. The second-order valence-corrected chi connectivity index (χ2v) is 6.67. The van der Waals surface area contributed by atoms with Gasteiger partial charge in [-0.05, 0) is 56.2 Å². The molecule has 0 aliphatic rings. The topological polar surface area (TPSA) is 42.5 Å². The highest BCUT2D eigenvalue weighted by Crippen LogP contribution is 2.37. The second kappa shape index (κ2) is 11.1. The van der Waals surface area contributed by atoms with Gasteiger partial charge in [-0.1, -0.05) is 48.4 Å². The summed E-state index contributed by atoms with van der Waals surface area (Å²) in [6.45, 7) is 8.38. The van der Waals surface area contributed by atoms with E-state index in [4.69, 9.17) is 21.1 Å². The molecule has 0 aliphatic carbocycles. The van der Waals surface area contributed by atoms with Crippen molar-refractivity contribution >= 4 is 11.6 Å². The molecule has 0 amide bonds. The molecule has 5 heteroatoms. The zero-order valence-electron chi connectivity index (χ0n) is 15.9.